The van der Waals surface area contributed by atoms with Crippen LogP contribution in [0.3, 0.4) is 0 Å². The molecular weight excluding hydrogens is 226 g/mol. The first-order valence-electron chi connectivity index (χ1n) is 6.50. The molecule has 0 bridgehead atoms. The molecule has 1 amide bonds. The van der Waals surface area contributed by atoms with Crippen molar-refractivity contribution in [3.63, 3.8) is 0 Å². The molecule has 1 aliphatic rings. The normalized spacial score (nSPS) is 24.7. The molecular formula is C15H23NO2. The van der Waals surface area contributed by atoms with E-state index < -0.39 is 0 Å². The molecule has 100 valence electrons. The van der Waals surface area contributed by atoms with Crippen LogP contribution >= 0.6 is 0 Å². The van der Waals surface area contributed by atoms with Gasteiger partial charge in [0.2, 0.25) is 5.91 Å². The highest BCUT2D eigenvalue weighted by Gasteiger charge is 2.36. The van der Waals surface area contributed by atoms with E-state index in [9.17, 15) is 9.59 Å². The van der Waals surface area contributed by atoms with Crippen molar-refractivity contribution in [2.75, 3.05) is 6.54 Å². The van der Waals surface area contributed by atoms with Crippen LogP contribution in [0.15, 0.2) is 25.3 Å². The second kappa shape index (κ2) is 6.53. The Balaban J connectivity index is 2.65. The first kappa shape index (κ1) is 14.7. The molecule has 0 spiro atoms. The minimum atomic E-state index is -0.221. The van der Waals surface area contributed by atoms with E-state index in [-0.39, 0.29) is 17.7 Å². The lowest BCUT2D eigenvalue weighted by Gasteiger charge is -2.20. The van der Waals surface area contributed by atoms with Crippen LogP contribution in [0.5, 0.6) is 0 Å². The lowest BCUT2D eigenvalue weighted by atomic mass is 9.90. The number of ketones is 1. The summed E-state index contributed by atoms with van der Waals surface area (Å²) in [5.41, 5.74) is 0. The van der Waals surface area contributed by atoms with Crippen molar-refractivity contribution < 1.29 is 9.59 Å². The maximum absolute atomic E-state index is 11.6. The van der Waals surface area contributed by atoms with Crippen LogP contribution in [0.2, 0.25) is 0 Å². The predicted molar refractivity (Wildman–Crippen MR) is 73.1 cm³/mol. The molecule has 3 heteroatoms. The third-order valence-corrected chi connectivity index (χ3v) is 3.70. The van der Waals surface area contributed by atoms with Crippen LogP contribution < -0.4 is 0 Å². The summed E-state index contributed by atoms with van der Waals surface area (Å²) in [5.74, 6) is 0.876. The molecule has 1 saturated heterocycles. The van der Waals surface area contributed by atoms with Crippen molar-refractivity contribution in [3.05, 3.63) is 25.3 Å². The highest BCUT2D eigenvalue weighted by atomic mass is 16.2. The van der Waals surface area contributed by atoms with E-state index >= 15 is 0 Å². The number of Topliss-reactive ketones (excluding diaryl/α,β-unsaturated/α-hetero) is 1. The van der Waals surface area contributed by atoms with Gasteiger partial charge < -0.3 is 4.90 Å². The largest absolute Gasteiger partial charge is 0.333 e. The molecule has 1 fully saturated rings. The summed E-state index contributed by atoms with van der Waals surface area (Å²) in [6.45, 7) is 11.4. The van der Waals surface area contributed by atoms with Crippen molar-refractivity contribution in [3.8, 4) is 0 Å². The van der Waals surface area contributed by atoms with Gasteiger partial charge in [0, 0.05) is 13.5 Å². The van der Waals surface area contributed by atoms with E-state index in [4.69, 9.17) is 0 Å². The molecule has 0 aromatic carbocycles. The molecule has 3 atom stereocenters. The third-order valence-electron chi connectivity index (χ3n) is 3.70. The minimum absolute atomic E-state index is 0.00317. The van der Waals surface area contributed by atoms with E-state index in [1.807, 2.05) is 12.2 Å². The van der Waals surface area contributed by atoms with Crippen LogP contribution in [0.1, 0.15) is 33.1 Å². The lowest BCUT2D eigenvalue weighted by Crippen LogP contribution is -2.38. The van der Waals surface area contributed by atoms with E-state index in [1.54, 1.807) is 11.8 Å². The van der Waals surface area contributed by atoms with Gasteiger partial charge in [-0.1, -0.05) is 12.2 Å². The SMILES string of the molecule is C=CCC(C=C)CC1C[C@@H](C(C)=O)N(C(C)=O)C1. The van der Waals surface area contributed by atoms with Gasteiger partial charge in [0.15, 0.2) is 5.78 Å². The number of amides is 1. The Labute approximate surface area is 110 Å². The Bertz CT molecular complexity index is 326. The van der Waals surface area contributed by atoms with Crippen LogP contribution in [0.4, 0.5) is 0 Å². The number of rotatable bonds is 6. The van der Waals surface area contributed by atoms with Gasteiger partial charge in [0.1, 0.15) is 0 Å². The summed E-state index contributed by atoms with van der Waals surface area (Å²) in [6, 6.07) is -0.221. The topological polar surface area (TPSA) is 37.4 Å². The Morgan fingerprint density at radius 2 is 2.06 bits per heavy atom. The third kappa shape index (κ3) is 3.56. The molecule has 0 radical (unpaired) electrons. The van der Waals surface area contributed by atoms with E-state index in [2.05, 4.69) is 13.2 Å². The van der Waals surface area contributed by atoms with Gasteiger partial charge in [0.05, 0.1) is 6.04 Å². The van der Waals surface area contributed by atoms with Crippen LogP contribution in [0, 0.1) is 11.8 Å². The average molecular weight is 249 g/mol. The minimum Gasteiger partial charge on any atom is -0.333 e. The fourth-order valence-electron chi connectivity index (χ4n) is 2.76. The first-order valence-corrected chi connectivity index (χ1v) is 6.50. The number of allylic oxidation sites excluding steroid dienone is 2. The number of hydrogen-bond donors (Lipinski definition) is 0. The molecule has 1 heterocycles. The van der Waals surface area contributed by atoms with Gasteiger partial charge in [-0.25, -0.2) is 0 Å². The van der Waals surface area contributed by atoms with Crippen molar-refractivity contribution in [1.29, 1.82) is 0 Å². The van der Waals surface area contributed by atoms with Gasteiger partial charge >= 0.3 is 0 Å². The van der Waals surface area contributed by atoms with Crippen molar-refractivity contribution in [2.24, 2.45) is 11.8 Å². The van der Waals surface area contributed by atoms with Crippen LogP contribution in [-0.4, -0.2) is 29.2 Å². The summed E-state index contributed by atoms with van der Waals surface area (Å²) in [5, 5.41) is 0. The quantitative estimate of drug-likeness (QED) is 0.678. The predicted octanol–water partition coefficient (Wildman–Crippen LogP) is 2.58. The number of carbonyl (C=O) groups excluding carboxylic acids is 2. The first-order chi connectivity index (χ1) is 8.49. The van der Waals surface area contributed by atoms with Crippen molar-refractivity contribution >= 4 is 11.7 Å². The molecule has 2 unspecified atom stereocenters. The molecule has 0 aliphatic carbocycles. The molecule has 0 N–H and O–H groups in total. The summed E-state index contributed by atoms with van der Waals surface area (Å²) in [6.07, 6.45) is 6.51. The molecule has 1 aliphatic heterocycles. The smallest absolute Gasteiger partial charge is 0.220 e. The van der Waals surface area contributed by atoms with E-state index in [1.165, 1.54) is 6.92 Å². The van der Waals surface area contributed by atoms with Crippen LogP contribution in [-0.2, 0) is 9.59 Å². The summed E-state index contributed by atoms with van der Waals surface area (Å²) < 4.78 is 0. The van der Waals surface area contributed by atoms with Gasteiger partial charge in [-0.15, -0.1) is 13.2 Å². The lowest BCUT2D eigenvalue weighted by molar-refractivity contribution is -0.135. The maximum atomic E-state index is 11.6. The second-order valence-electron chi connectivity index (χ2n) is 5.16. The van der Waals surface area contributed by atoms with Gasteiger partial charge in [-0.05, 0) is 38.0 Å². The van der Waals surface area contributed by atoms with E-state index in [0.717, 1.165) is 19.3 Å². The average Bonchev–Trinajstić information content (AvgIpc) is 2.72. The number of carbonyl (C=O) groups is 2. The zero-order valence-electron chi connectivity index (χ0n) is 11.4. The highest BCUT2D eigenvalue weighted by Crippen LogP contribution is 2.30. The molecule has 0 aromatic rings. The number of nitrogens with zero attached hydrogens (tertiary/aromatic N) is 1. The molecule has 3 nitrogen and oxygen atoms in total. The number of hydrogen-bond acceptors (Lipinski definition) is 2. The van der Waals surface area contributed by atoms with Gasteiger partial charge in [-0.2, -0.15) is 0 Å². The molecule has 1 rings (SSSR count). The van der Waals surface area contributed by atoms with Gasteiger partial charge in [0.25, 0.3) is 0 Å². The van der Waals surface area contributed by atoms with Crippen LogP contribution in [0.25, 0.3) is 0 Å². The standard InChI is InChI=1S/C15H23NO2/c1-5-7-13(6-2)8-14-9-15(11(3)17)16(10-14)12(4)18/h5-6,13-15H,1-2,7-10H2,3-4H3/t13?,14?,15-/m0/s1. The van der Waals surface area contributed by atoms with Gasteiger partial charge in [-0.3, -0.25) is 9.59 Å². The van der Waals surface area contributed by atoms with E-state index in [0.29, 0.717) is 18.4 Å². The van der Waals surface area contributed by atoms with Crippen molar-refractivity contribution in [2.45, 2.75) is 39.2 Å². The Kier molecular flexibility index (Phi) is 5.32. The fraction of sp³-hybridized carbons (Fsp3) is 0.600. The monoisotopic (exact) mass is 249 g/mol. The summed E-state index contributed by atoms with van der Waals surface area (Å²) in [7, 11) is 0. The second-order valence-corrected chi connectivity index (χ2v) is 5.16. The maximum Gasteiger partial charge on any atom is 0.220 e. The highest BCUT2D eigenvalue weighted by molar-refractivity contribution is 5.87. The Morgan fingerprint density at radius 3 is 2.44 bits per heavy atom. The van der Waals surface area contributed by atoms with Crippen molar-refractivity contribution in [1.82, 2.24) is 4.90 Å². The summed E-state index contributed by atoms with van der Waals surface area (Å²) in [4.78, 5) is 24.8. The fourth-order valence-corrected chi connectivity index (χ4v) is 2.76. The molecule has 0 saturated carbocycles. The number of likely N-dealkylation sites (tertiary alicyclic amines) is 1. The Hall–Kier alpha value is -1.38. The molecule has 18 heavy (non-hydrogen) atoms. The zero-order valence-corrected chi connectivity index (χ0v) is 11.4. The Morgan fingerprint density at radius 1 is 1.39 bits per heavy atom. The zero-order chi connectivity index (χ0) is 13.7. The summed E-state index contributed by atoms with van der Waals surface area (Å²) >= 11 is 0. The molecule has 0 aromatic heterocycles.